The van der Waals surface area contributed by atoms with E-state index in [0.717, 1.165) is 12.4 Å². The van der Waals surface area contributed by atoms with Crippen molar-refractivity contribution in [3.05, 3.63) is 87.5 Å². The van der Waals surface area contributed by atoms with E-state index in [1.165, 1.54) is 22.3 Å². The summed E-state index contributed by atoms with van der Waals surface area (Å²) >= 11 is 5.99. The molecule has 158 valence electrons. The predicted octanol–water partition coefficient (Wildman–Crippen LogP) is 5.81. The van der Waals surface area contributed by atoms with Gasteiger partial charge in [0.05, 0.1) is 6.54 Å². The summed E-state index contributed by atoms with van der Waals surface area (Å²) in [5, 5.41) is 0.626. The fourth-order valence-corrected chi connectivity index (χ4v) is 4.00. The van der Waals surface area contributed by atoms with Crippen molar-refractivity contribution in [2.45, 2.75) is 47.7 Å². The largest absolute Gasteiger partial charge is 0.331 e. The van der Waals surface area contributed by atoms with Crippen molar-refractivity contribution in [1.29, 1.82) is 0 Å². The second kappa shape index (κ2) is 9.48. The minimum Gasteiger partial charge on any atom is -0.331 e. The molecule has 4 nitrogen and oxygen atoms in total. The summed E-state index contributed by atoms with van der Waals surface area (Å²) in [6.07, 6.45) is 3.81. The van der Waals surface area contributed by atoms with Crippen molar-refractivity contribution in [3.8, 4) is 0 Å². The lowest BCUT2D eigenvalue weighted by atomic mass is 10.00. The molecule has 0 aliphatic carbocycles. The van der Waals surface area contributed by atoms with E-state index in [9.17, 15) is 4.79 Å². The van der Waals surface area contributed by atoms with Gasteiger partial charge in [-0.2, -0.15) is 0 Å². The highest BCUT2D eigenvalue weighted by Crippen LogP contribution is 2.20. The number of carbonyl (C=O) groups is 1. The highest BCUT2D eigenvalue weighted by molar-refractivity contribution is 6.30. The van der Waals surface area contributed by atoms with E-state index in [4.69, 9.17) is 11.6 Å². The van der Waals surface area contributed by atoms with Crippen LogP contribution in [0.2, 0.25) is 5.02 Å². The molecule has 30 heavy (non-hydrogen) atoms. The third-order valence-corrected chi connectivity index (χ3v) is 5.52. The molecule has 1 amide bonds. The molecule has 0 aliphatic heterocycles. The summed E-state index contributed by atoms with van der Waals surface area (Å²) in [5.74, 6) is 1.24. The van der Waals surface area contributed by atoms with Gasteiger partial charge in [0.2, 0.25) is 0 Å². The van der Waals surface area contributed by atoms with Crippen LogP contribution >= 0.6 is 11.6 Å². The van der Waals surface area contributed by atoms with Gasteiger partial charge in [0.1, 0.15) is 5.82 Å². The number of benzene rings is 2. The van der Waals surface area contributed by atoms with Crippen LogP contribution in [0.4, 0.5) is 0 Å². The quantitative estimate of drug-likeness (QED) is 0.481. The minimum atomic E-state index is -0.00221. The molecule has 0 aliphatic rings. The second-order valence-corrected chi connectivity index (χ2v) is 8.87. The number of hydrogen-bond donors (Lipinski definition) is 0. The molecule has 2 aromatic carbocycles. The molecule has 0 bridgehead atoms. The molecule has 5 heteroatoms. The van der Waals surface area contributed by atoms with Gasteiger partial charge in [0.15, 0.2) is 0 Å². The zero-order chi connectivity index (χ0) is 21.8. The lowest BCUT2D eigenvalue weighted by Crippen LogP contribution is -2.34. The maximum absolute atomic E-state index is 13.2. The molecule has 0 spiro atoms. The number of hydrogen-bond acceptors (Lipinski definition) is 2. The first-order valence-corrected chi connectivity index (χ1v) is 10.7. The number of carbonyl (C=O) groups excluding carboxylic acids is 1. The minimum absolute atomic E-state index is 0.00221. The van der Waals surface area contributed by atoms with Crippen molar-refractivity contribution in [2.75, 3.05) is 6.54 Å². The molecule has 0 radical (unpaired) electrons. The molecule has 3 rings (SSSR count). The number of halogens is 1. The number of imidazole rings is 1. The van der Waals surface area contributed by atoms with E-state index in [2.05, 4.69) is 56.3 Å². The lowest BCUT2D eigenvalue weighted by molar-refractivity contribution is 0.0716. The fourth-order valence-electron chi connectivity index (χ4n) is 3.87. The Hall–Kier alpha value is -2.59. The fraction of sp³-hybridized carbons (Fsp3) is 0.360. The monoisotopic (exact) mass is 423 g/mol. The maximum Gasteiger partial charge on any atom is 0.254 e. The zero-order valence-electron chi connectivity index (χ0n) is 18.4. The SMILES string of the molecule is Cc1cc(C)c(Cn2ccnc2CN(CC(C)C)C(=O)c2ccc(Cl)cc2)c(C)c1. The van der Waals surface area contributed by atoms with Crippen molar-refractivity contribution < 1.29 is 4.79 Å². The van der Waals surface area contributed by atoms with E-state index in [1.54, 1.807) is 24.3 Å². The van der Waals surface area contributed by atoms with Crippen LogP contribution in [0.1, 0.15) is 52.3 Å². The Morgan fingerprint density at radius 3 is 2.33 bits per heavy atom. The Labute approximate surface area is 184 Å². The maximum atomic E-state index is 13.2. The van der Waals surface area contributed by atoms with E-state index >= 15 is 0 Å². The average molecular weight is 424 g/mol. The third-order valence-electron chi connectivity index (χ3n) is 5.27. The standard InChI is InChI=1S/C25H30ClN3O/c1-17(2)14-29(25(30)21-6-8-22(26)9-7-21)16-24-27-10-11-28(24)15-23-19(4)12-18(3)13-20(23)5/h6-13,17H,14-16H2,1-5H3. The zero-order valence-corrected chi connectivity index (χ0v) is 19.2. The van der Waals surface area contributed by atoms with Crippen LogP contribution in [-0.4, -0.2) is 26.9 Å². The molecule has 1 aromatic heterocycles. The molecule has 0 saturated carbocycles. The van der Waals surface area contributed by atoms with E-state index in [1.807, 2.05) is 17.3 Å². The number of amides is 1. The third kappa shape index (κ3) is 5.31. The first-order chi connectivity index (χ1) is 14.2. The summed E-state index contributed by atoms with van der Waals surface area (Å²) in [6.45, 7) is 12.5. The first-order valence-electron chi connectivity index (χ1n) is 10.4. The van der Waals surface area contributed by atoms with Gasteiger partial charge in [-0.15, -0.1) is 0 Å². The Bertz CT molecular complexity index is 998. The van der Waals surface area contributed by atoms with Crippen LogP contribution < -0.4 is 0 Å². The predicted molar refractivity (Wildman–Crippen MR) is 123 cm³/mol. The van der Waals surface area contributed by atoms with Crippen LogP contribution in [-0.2, 0) is 13.1 Å². The Balaban J connectivity index is 1.85. The van der Waals surface area contributed by atoms with E-state index in [-0.39, 0.29) is 5.91 Å². The number of nitrogens with zero attached hydrogens (tertiary/aromatic N) is 3. The Kier molecular flexibility index (Phi) is 6.99. The molecular weight excluding hydrogens is 394 g/mol. The number of aromatic nitrogens is 2. The molecule has 0 unspecified atom stereocenters. The van der Waals surface area contributed by atoms with Gasteiger partial charge >= 0.3 is 0 Å². The summed E-state index contributed by atoms with van der Waals surface area (Å²) in [7, 11) is 0. The normalized spacial score (nSPS) is 11.2. The number of rotatable bonds is 7. The molecular formula is C25H30ClN3O. The van der Waals surface area contributed by atoms with E-state index in [0.29, 0.717) is 29.6 Å². The highest BCUT2D eigenvalue weighted by atomic mass is 35.5. The molecule has 0 atom stereocenters. The Morgan fingerprint density at radius 2 is 1.73 bits per heavy atom. The van der Waals surface area contributed by atoms with Crippen LogP contribution in [0.3, 0.4) is 0 Å². The molecule has 1 heterocycles. The smallest absolute Gasteiger partial charge is 0.254 e. The summed E-state index contributed by atoms with van der Waals surface area (Å²) in [4.78, 5) is 19.6. The van der Waals surface area contributed by atoms with Crippen LogP contribution in [0.5, 0.6) is 0 Å². The van der Waals surface area contributed by atoms with Gasteiger partial charge in [0, 0.05) is 36.1 Å². The van der Waals surface area contributed by atoms with E-state index < -0.39 is 0 Å². The van der Waals surface area contributed by atoms with Gasteiger partial charge in [-0.3, -0.25) is 4.79 Å². The van der Waals surface area contributed by atoms with Crippen molar-refractivity contribution >= 4 is 17.5 Å². The van der Waals surface area contributed by atoms with Gasteiger partial charge in [-0.1, -0.05) is 43.1 Å². The lowest BCUT2D eigenvalue weighted by Gasteiger charge is -2.25. The van der Waals surface area contributed by atoms with Crippen molar-refractivity contribution in [1.82, 2.24) is 14.5 Å². The van der Waals surface area contributed by atoms with Crippen molar-refractivity contribution in [3.63, 3.8) is 0 Å². The summed E-state index contributed by atoms with van der Waals surface area (Å²) in [6, 6.07) is 11.5. The second-order valence-electron chi connectivity index (χ2n) is 8.44. The van der Waals surface area contributed by atoms with Crippen molar-refractivity contribution in [2.24, 2.45) is 5.92 Å². The van der Waals surface area contributed by atoms with Crippen LogP contribution in [0, 0.1) is 26.7 Å². The number of aryl methyl sites for hydroxylation is 3. The molecule has 0 saturated heterocycles. The van der Waals surface area contributed by atoms with Crippen LogP contribution in [0.15, 0.2) is 48.8 Å². The Morgan fingerprint density at radius 1 is 1.10 bits per heavy atom. The van der Waals surface area contributed by atoms with Gasteiger partial charge in [-0.25, -0.2) is 4.98 Å². The summed E-state index contributed by atoms with van der Waals surface area (Å²) in [5.41, 5.74) is 5.78. The molecule has 0 N–H and O–H groups in total. The highest BCUT2D eigenvalue weighted by Gasteiger charge is 2.20. The van der Waals surface area contributed by atoms with Gasteiger partial charge in [0.25, 0.3) is 5.91 Å². The summed E-state index contributed by atoms with van der Waals surface area (Å²) < 4.78 is 2.15. The van der Waals surface area contributed by atoms with Crippen LogP contribution in [0.25, 0.3) is 0 Å². The topological polar surface area (TPSA) is 38.1 Å². The first kappa shape index (κ1) is 22.1. The molecule has 3 aromatic rings. The molecule has 0 fully saturated rings. The van der Waals surface area contributed by atoms with Gasteiger partial charge in [-0.05, 0) is 67.6 Å². The average Bonchev–Trinajstić information content (AvgIpc) is 3.10. The van der Waals surface area contributed by atoms with Gasteiger partial charge < -0.3 is 9.47 Å².